The highest BCUT2D eigenvalue weighted by molar-refractivity contribution is 5.99. The zero-order valence-electron chi connectivity index (χ0n) is 13.3. The summed E-state index contributed by atoms with van der Waals surface area (Å²) >= 11 is 0. The molecular formula is C19H17N3O2. The molecule has 3 aromatic rings. The number of nitrogens with two attached hydrogens (primary N) is 1. The first kappa shape index (κ1) is 15.7. The number of ether oxygens (including phenoxy) is 1. The lowest BCUT2D eigenvalue weighted by molar-refractivity contribution is 0.100. The highest BCUT2D eigenvalue weighted by Gasteiger charge is 2.13. The fourth-order valence-corrected chi connectivity index (χ4v) is 2.31. The molecule has 0 atom stereocenters. The van der Waals surface area contributed by atoms with E-state index in [1.165, 1.54) is 0 Å². The summed E-state index contributed by atoms with van der Waals surface area (Å²) in [5.74, 6) is 0.0500. The first-order valence-corrected chi connectivity index (χ1v) is 7.53. The lowest BCUT2D eigenvalue weighted by Crippen LogP contribution is -2.13. The van der Waals surface area contributed by atoms with E-state index in [1.807, 2.05) is 37.3 Å². The summed E-state index contributed by atoms with van der Waals surface area (Å²) in [6.45, 7) is 2.27. The van der Waals surface area contributed by atoms with Crippen LogP contribution < -0.4 is 10.5 Å². The monoisotopic (exact) mass is 319 g/mol. The van der Waals surface area contributed by atoms with Gasteiger partial charge in [-0.2, -0.15) is 0 Å². The summed E-state index contributed by atoms with van der Waals surface area (Å²) in [7, 11) is 0. The van der Waals surface area contributed by atoms with Gasteiger partial charge in [0.1, 0.15) is 12.4 Å². The minimum absolute atomic E-state index is 0.360. The smallest absolute Gasteiger partial charge is 0.249 e. The lowest BCUT2D eigenvalue weighted by atomic mass is 10.0. The van der Waals surface area contributed by atoms with Crippen molar-refractivity contribution in [1.29, 1.82) is 0 Å². The highest BCUT2D eigenvalue weighted by atomic mass is 16.5. The highest BCUT2D eigenvalue weighted by Crippen LogP contribution is 2.26. The minimum atomic E-state index is -0.530. The van der Waals surface area contributed by atoms with E-state index < -0.39 is 5.91 Å². The number of hydrogen-bond acceptors (Lipinski definition) is 4. The Labute approximate surface area is 140 Å². The van der Waals surface area contributed by atoms with Gasteiger partial charge in [0.15, 0.2) is 0 Å². The third-order valence-electron chi connectivity index (χ3n) is 3.56. The Bertz CT molecular complexity index is 846. The van der Waals surface area contributed by atoms with Crippen LogP contribution in [0, 0.1) is 6.92 Å². The number of carbonyl (C=O) groups is 1. The molecule has 5 heteroatoms. The molecule has 0 fully saturated rings. The molecule has 1 heterocycles. The van der Waals surface area contributed by atoms with E-state index in [-0.39, 0.29) is 0 Å². The third-order valence-corrected chi connectivity index (χ3v) is 3.56. The largest absolute Gasteiger partial charge is 0.489 e. The van der Waals surface area contributed by atoms with E-state index >= 15 is 0 Å². The third kappa shape index (κ3) is 3.57. The maximum Gasteiger partial charge on any atom is 0.249 e. The summed E-state index contributed by atoms with van der Waals surface area (Å²) in [5.41, 5.74) is 8.97. The molecular weight excluding hydrogens is 302 g/mol. The first-order chi connectivity index (χ1) is 11.6. The van der Waals surface area contributed by atoms with Crippen LogP contribution in [0.25, 0.3) is 11.3 Å². The summed E-state index contributed by atoms with van der Waals surface area (Å²) in [6, 6.07) is 15.0. The molecule has 0 saturated carbocycles. The second kappa shape index (κ2) is 6.91. The molecule has 0 aliphatic carbocycles. The number of aromatic nitrogens is 2. The van der Waals surface area contributed by atoms with Crippen LogP contribution in [-0.4, -0.2) is 15.9 Å². The number of aryl methyl sites for hydroxylation is 1. The first-order valence-electron chi connectivity index (χ1n) is 7.53. The molecule has 24 heavy (non-hydrogen) atoms. The Morgan fingerprint density at radius 1 is 1.08 bits per heavy atom. The second-order valence-electron chi connectivity index (χ2n) is 5.39. The van der Waals surface area contributed by atoms with E-state index in [0.29, 0.717) is 29.2 Å². The summed E-state index contributed by atoms with van der Waals surface area (Å²) in [5, 5.41) is 0. The maximum atomic E-state index is 11.8. The molecule has 1 aromatic heterocycles. The van der Waals surface area contributed by atoms with Crippen LogP contribution in [0.3, 0.4) is 0 Å². The number of primary amides is 1. The quantitative estimate of drug-likeness (QED) is 0.783. The number of hydrogen-bond donors (Lipinski definition) is 1. The number of benzene rings is 2. The number of nitrogens with zero attached hydrogens (tertiary/aromatic N) is 2. The van der Waals surface area contributed by atoms with E-state index in [9.17, 15) is 4.79 Å². The molecule has 0 saturated heterocycles. The van der Waals surface area contributed by atoms with Gasteiger partial charge in [0.2, 0.25) is 5.91 Å². The Balaban J connectivity index is 1.87. The fourth-order valence-electron chi connectivity index (χ4n) is 2.31. The van der Waals surface area contributed by atoms with E-state index in [0.717, 1.165) is 11.3 Å². The van der Waals surface area contributed by atoms with Gasteiger partial charge in [-0.1, -0.05) is 30.3 Å². The van der Waals surface area contributed by atoms with Crippen molar-refractivity contribution in [3.05, 3.63) is 77.7 Å². The molecule has 0 aliphatic heterocycles. The van der Waals surface area contributed by atoms with Crippen LogP contribution >= 0.6 is 0 Å². The Kier molecular flexibility index (Phi) is 4.52. The molecule has 120 valence electrons. The van der Waals surface area contributed by atoms with Gasteiger partial charge in [0.05, 0.1) is 23.1 Å². The lowest BCUT2D eigenvalue weighted by Gasteiger charge is -2.11. The molecule has 0 radical (unpaired) electrons. The SMILES string of the molecule is Cc1cnc(-c2ccc(OCc3ccccc3)cc2C(N)=O)cn1. The summed E-state index contributed by atoms with van der Waals surface area (Å²) in [4.78, 5) is 20.3. The Morgan fingerprint density at radius 2 is 1.88 bits per heavy atom. The van der Waals surface area contributed by atoms with E-state index in [2.05, 4.69) is 9.97 Å². The van der Waals surface area contributed by atoms with Crippen molar-refractivity contribution in [2.75, 3.05) is 0 Å². The average molecular weight is 319 g/mol. The zero-order chi connectivity index (χ0) is 16.9. The number of carbonyl (C=O) groups excluding carboxylic acids is 1. The van der Waals surface area contributed by atoms with Crippen LogP contribution in [0.2, 0.25) is 0 Å². The maximum absolute atomic E-state index is 11.8. The van der Waals surface area contributed by atoms with Gasteiger partial charge >= 0.3 is 0 Å². The van der Waals surface area contributed by atoms with Crippen molar-refractivity contribution >= 4 is 5.91 Å². The van der Waals surface area contributed by atoms with Crippen molar-refractivity contribution in [2.45, 2.75) is 13.5 Å². The van der Waals surface area contributed by atoms with Gasteiger partial charge in [-0.05, 0) is 30.7 Å². The minimum Gasteiger partial charge on any atom is -0.489 e. The normalized spacial score (nSPS) is 10.4. The molecule has 0 bridgehead atoms. The van der Waals surface area contributed by atoms with E-state index in [4.69, 9.17) is 10.5 Å². The predicted octanol–water partition coefficient (Wildman–Crippen LogP) is 3.13. The van der Waals surface area contributed by atoms with Gasteiger partial charge in [0.25, 0.3) is 0 Å². The van der Waals surface area contributed by atoms with Gasteiger partial charge in [-0.25, -0.2) is 0 Å². The molecule has 3 rings (SSSR count). The zero-order valence-corrected chi connectivity index (χ0v) is 13.3. The molecule has 2 aromatic carbocycles. The second-order valence-corrected chi connectivity index (χ2v) is 5.39. The molecule has 2 N–H and O–H groups in total. The molecule has 0 unspecified atom stereocenters. The summed E-state index contributed by atoms with van der Waals surface area (Å²) in [6.07, 6.45) is 3.28. The van der Waals surface area contributed by atoms with Crippen molar-refractivity contribution < 1.29 is 9.53 Å². The van der Waals surface area contributed by atoms with Crippen LogP contribution in [-0.2, 0) is 6.61 Å². The van der Waals surface area contributed by atoms with Crippen molar-refractivity contribution in [1.82, 2.24) is 9.97 Å². The molecule has 5 nitrogen and oxygen atoms in total. The number of rotatable bonds is 5. The van der Waals surface area contributed by atoms with Crippen LogP contribution in [0.1, 0.15) is 21.6 Å². The van der Waals surface area contributed by atoms with Crippen LogP contribution in [0.4, 0.5) is 0 Å². The standard InChI is InChI=1S/C19H17N3O2/c1-13-10-22-18(11-21-13)16-8-7-15(9-17(16)19(20)23)24-12-14-5-3-2-4-6-14/h2-11H,12H2,1H3,(H2,20,23). The Morgan fingerprint density at radius 3 is 2.54 bits per heavy atom. The fraction of sp³-hybridized carbons (Fsp3) is 0.105. The van der Waals surface area contributed by atoms with Crippen molar-refractivity contribution in [3.8, 4) is 17.0 Å². The molecule has 1 amide bonds. The topological polar surface area (TPSA) is 78.1 Å². The van der Waals surface area contributed by atoms with Gasteiger partial charge in [-0.3, -0.25) is 14.8 Å². The van der Waals surface area contributed by atoms with E-state index in [1.54, 1.807) is 30.6 Å². The van der Waals surface area contributed by atoms with Gasteiger partial charge in [-0.15, -0.1) is 0 Å². The average Bonchev–Trinajstić information content (AvgIpc) is 2.61. The van der Waals surface area contributed by atoms with Crippen LogP contribution in [0.15, 0.2) is 60.9 Å². The van der Waals surface area contributed by atoms with Crippen molar-refractivity contribution in [2.24, 2.45) is 5.73 Å². The van der Waals surface area contributed by atoms with Gasteiger partial charge < -0.3 is 10.5 Å². The molecule has 0 aliphatic rings. The summed E-state index contributed by atoms with van der Waals surface area (Å²) < 4.78 is 5.75. The predicted molar refractivity (Wildman–Crippen MR) is 91.5 cm³/mol. The van der Waals surface area contributed by atoms with Gasteiger partial charge in [0, 0.05) is 11.8 Å². The Hall–Kier alpha value is -3.21. The van der Waals surface area contributed by atoms with Crippen LogP contribution in [0.5, 0.6) is 5.75 Å². The number of amides is 1. The van der Waals surface area contributed by atoms with Crippen molar-refractivity contribution in [3.63, 3.8) is 0 Å². The molecule has 0 spiro atoms.